The largest absolute Gasteiger partial charge is 0.473 e. The van der Waals surface area contributed by atoms with Gasteiger partial charge in [-0.05, 0) is 26.0 Å². The van der Waals surface area contributed by atoms with E-state index in [2.05, 4.69) is 11.6 Å². The zero-order valence-corrected chi connectivity index (χ0v) is 10.2. The minimum atomic E-state index is -4.45. The van der Waals surface area contributed by atoms with Crippen LogP contribution in [-0.2, 0) is 11.3 Å². The van der Waals surface area contributed by atoms with Gasteiger partial charge in [-0.15, -0.1) is 0 Å². The summed E-state index contributed by atoms with van der Waals surface area (Å²) in [5.41, 5.74) is 0.974. The third-order valence-corrected chi connectivity index (χ3v) is 2.23. The van der Waals surface area contributed by atoms with Crippen molar-refractivity contribution in [2.24, 2.45) is 4.99 Å². The molecular formula is C13H14F3NO. The molecule has 0 aliphatic rings. The molecule has 0 saturated carbocycles. The van der Waals surface area contributed by atoms with E-state index >= 15 is 0 Å². The fraction of sp³-hybridized carbons (Fsp3) is 0.308. The van der Waals surface area contributed by atoms with Crippen LogP contribution in [0.25, 0.3) is 0 Å². The average Bonchev–Trinajstić information content (AvgIpc) is 2.27. The van der Waals surface area contributed by atoms with Gasteiger partial charge in [-0.3, -0.25) is 0 Å². The van der Waals surface area contributed by atoms with E-state index < -0.39 is 11.9 Å². The highest BCUT2D eigenvalue weighted by Crippen LogP contribution is 2.18. The molecule has 0 aliphatic heterocycles. The van der Waals surface area contributed by atoms with Crippen molar-refractivity contribution in [1.29, 1.82) is 0 Å². The van der Waals surface area contributed by atoms with Gasteiger partial charge in [0.05, 0.1) is 0 Å². The summed E-state index contributed by atoms with van der Waals surface area (Å²) in [7, 11) is 0. The molecule has 0 unspecified atom stereocenters. The molecule has 0 radical (unpaired) electrons. The quantitative estimate of drug-likeness (QED) is 0.590. The fourth-order valence-electron chi connectivity index (χ4n) is 1.13. The maximum Gasteiger partial charge on any atom is 0.429 e. The number of hydrogen-bond acceptors (Lipinski definition) is 2. The summed E-state index contributed by atoms with van der Waals surface area (Å²) in [6.07, 6.45) is -4.45. The van der Waals surface area contributed by atoms with Crippen molar-refractivity contribution in [2.45, 2.75) is 26.6 Å². The SMILES string of the molecule is C=C(N=C(C)C(F)(F)F)OCc1ccc(C)cc1. The van der Waals surface area contributed by atoms with Crippen molar-refractivity contribution in [2.75, 3.05) is 0 Å². The smallest absolute Gasteiger partial charge is 0.429 e. The van der Waals surface area contributed by atoms with Gasteiger partial charge in [0.2, 0.25) is 5.88 Å². The highest BCUT2D eigenvalue weighted by atomic mass is 19.4. The zero-order valence-electron chi connectivity index (χ0n) is 10.2. The molecule has 0 aromatic heterocycles. The topological polar surface area (TPSA) is 21.6 Å². The van der Waals surface area contributed by atoms with Crippen molar-refractivity contribution >= 4 is 5.71 Å². The van der Waals surface area contributed by atoms with Gasteiger partial charge in [-0.1, -0.05) is 29.8 Å². The Morgan fingerprint density at radius 2 is 1.83 bits per heavy atom. The molecule has 0 spiro atoms. The summed E-state index contributed by atoms with van der Waals surface area (Å²) in [5.74, 6) is -0.245. The average molecular weight is 257 g/mol. The van der Waals surface area contributed by atoms with Crippen LogP contribution in [0.3, 0.4) is 0 Å². The van der Waals surface area contributed by atoms with Gasteiger partial charge in [0, 0.05) is 0 Å². The van der Waals surface area contributed by atoms with Gasteiger partial charge in [-0.2, -0.15) is 13.2 Å². The number of halogens is 3. The summed E-state index contributed by atoms with van der Waals surface area (Å²) < 4.78 is 41.6. The van der Waals surface area contributed by atoms with Gasteiger partial charge in [-0.25, -0.2) is 4.99 Å². The number of benzene rings is 1. The van der Waals surface area contributed by atoms with E-state index in [1.165, 1.54) is 0 Å². The molecule has 1 rings (SSSR count). The maximum absolute atomic E-state index is 12.2. The van der Waals surface area contributed by atoms with Gasteiger partial charge >= 0.3 is 6.18 Å². The van der Waals surface area contributed by atoms with Crippen molar-refractivity contribution in [3.63, 3.8) is 0 Å². The van der Waals surface area contributed by atoms with E-state index in [0.29, 0.717) is 0 Å². The fourth-order valence-corrected chi connectivity index (χ4v) is 1.13. The van der Waals surface area contributed by atoms with Crippen LogP contribution in [0.5, 0.6) is 0 Å². The second kappa shape index (κ2) is 5.71. The lowest BCUT2D eigenvalue weighted by Gasteiger charge is -2.08. The normalized spacial score (nSPS) is 12.4. The number of alkyl halides is 3. The van der Waals surface area contributed by atoms with Crippen LogP contribution in [0.15, 0.2) is 41.7 Å². The summed E-state index contributed by atoms with van der Waals surface area (Å²) in [4.78, 5) is 3.26. The van der Waals surface area contributed by atoms with E-state index in [9.17, 15) is 13.2 Å². The van der Waals surface area contributed by atoms with Crippen LogP contribution in [0.1, 0.15) is 18.1 Å². The Hall–Kier alpha value is -1.78. The molecule has 0 bridgehead atoms. The number of aliphatic imine (C=N–C) groups is 1. The lowest BCUT2D eigenvalue weighted by Crippen LogP contribution is -2.19. The van der Waals surface area contributed by atoms with Crippen LogP contribution in [-0.4, -0.2) is 11.9 Å². The second-order valence-corrected chi connectivity index (χ2v) is 3.86. The van der Waals surface area contributed by atoms with Crippen molar-refractivity contribution in [3.05, 3.63) is 47.9 Å². The number of nitrogens with zero attached hydrogens (tertiary/aromatic N) is 1. The monoisotopic (exact) mass is 257 g/mol. The Balaban J connectivity index is 2.54. The third kappa shape index (κ3) is 4.61. The lowest BCUT2D eigenvalue weighted by atomic mass is 10.2. The maximum atomic E-state index is 12.2. The summed E-state index contributed by atoms with van der Waals surface area (Å²) in [6, 6.07) is 7.46. The first-order valence-corrected chi connectivity index (χ1v) is 5.29. The van der Waals surface area contributed by atoms with Crippen LogP contribution in [0.4, 0.5) is 13.2 Å². The number of ether oxygens (including phenoxy) is 1. The minimum absolute atomic E-state index is 0.147. The Labute approximate surface area is 104 Å². The predicted octanol–water partition coefficient (Wildman–Crippen LogP) is 4.01. The molecule has 1 aromatic rings. The first kappa shape index (κ1) is 14.3. The highest BCUT2D eigenvalue weighted by molar-refractivity contribution is 5.87. The Morgan fingerprint density at radius 1 is 1.28 bits per heavy atom. The van der Waals surface area contributed by atoms with Crippen molar-refractivity contribution < 1.29 is 17.9 Å². The van der Waals surface area contributed by atoms with Crippen LogP contribution in [0.2, 0.25) is 0 Å². The molecule has 2 nitrogen and oxygen atoms in total. The molecule has 98 valence electrons. The zero-order chi connectivity index (χ0) is 13.8. The predicted molar refractivity (Wildman–Crippen MR) is 64.3 cm³/mol. The molecule has 5 heteroatoms. The van der Waals surface area contributed by atoms with E-state index in [1.807, 2.05) is 31.2 Å². The van der Waals surface area contributed by atoms with E-state index in [1.54, 1.807) is 0 Å². The van der Waals surface area contributed by atoms with E-state index in [4.69, 9.17) is 4.74 Å². The molecule has 0 atom stereocenters. The number of rotatable bonds is 4. The standard InChI is InChI=1S/C13H14F3NO/c1-9-4-6-12(7-5-9)8-18-11(3)17-10(2)13(14,15)16/h4-7H,3,8H2,1-2H3. The molecule has 0 heterocycles. The summed E-state index contributed by atoms with van der Waals surface area (Å²) in [5, 5.41) is 0. The second-order valence-electron chi connectivity index (χ2n) is 3.86. The molecule has 0 aliphatic carbocycles. The van der Waals surface area contributed by atoms with E-state index in [-0.39, 0.29) is 12.5 Å². The van der Waals surface area contributed by atoms with Gasteiger partial charge in [0.1, 0.15) is 12.3 Å². The molecule has 0 amide bonds. The molecule has 18 heavy (non-hydrogen) atoms. The van der Waals surface area contributed by atoms with Gasteiger partial charge in [0.15, 0.2) is 0 Å². The molecule has 1 aromatic carbocycles. The van der Waals surface area contributed by atoms with E-state index in [0.717, 1.165) is 18.1 Å². The third-order valence-electron chi connectivity index (χ3n) is 2.23. The highest BCUT2D eigenvalue weighted by Gasteiger charge is 2.32. The first-order valence-electron chi connectivity index (χ1n) is 5.29. The molecule has 0 fully saturated rings. The minimum Gasteiger partial charge on any atom is -0.473 e. The Morgan fingerprint density at radius 3 is 2.33 bits per heavy atom. The summed E-state index contributed by atoms with van der Waals surface area (Å²) in [6.45, 7) is 6.30. The molecule has 0 saturated heterocycles. The summed E-state index contributed by atoms with van der Waals surface area (Å²) >= 11 is 0. The van der Waals surface area contributed by atoms with Crippen LogP contribution >= 0.6 is 0 Å². The van der Waals surface area contributed by atoms with Crippen molar-refractivity contribution in [3.8, 4) is 0 Å². The Kier molecular flexibility index (Phi) is 4.53. The molecule has 0 N–H and O–H groups in total. The Bertz CT molecular complexity index is 446. The van der Waals surface area contributed by atoms with Crippen LogP contribution in [0, 0.1) is 6.92 Å². The first-order chi connectivity index (χ1) is 8.29. The lowest BCUT2D eigenvalue weighted by molar-refractivity contribution is -0.0595. The van der Waals surface area contributed by atoms with Crippen molar-refractivity contribution in [1.82, 2.24) is 0 Å². The van der Waals surface area contributed by atoms with Gasteiger partial charge < -0.3 is 4.74 Å². The number of hydrogen-bond donors (Lipinski definition) is 0. The number of aryl methyl sites for hydroxylation is 1. The molecular weight excluding hydrogens is 243 g/mol. The van der Waals surface area contributed by atoms with Gasteiger partial charge in [0.25, 0.3) is 0 Å². The van der Waals surface area contributed by atoms with Crippen LogP contribution < -0.4 is 0 Å².